The highest BCUT2D eigenvalue weighted by molar-refractivity contribution is 9.10. The van der Waals surface area contributed by atoms with Crippen LogP contribution in [0.15, 0.2) is 22.7 Å². The van der Waals surface area contributed by atoms with E-state index >= 15 is 0 Å². The number of fused-ring (bicyclic) bond motifs is 1. The smallest absolute Gasteiger partial charge is 0.246 e. The fourth-order valence-corrected chi connectivity index (χ4v) is 3.13. The van der Waals surface area contributed by atoms with Crippen LogP contribution in [-0.2, 0) is 9.59 Å². The molecule has 0 radical (unpaired) electrons. The molecule has 1 heterocycles. The molecule has 1 aliphatic rings. The van der Waals surface area contributed by atoms with Gasteiger partial charge in [0.1, 0.15) is 6.04 Å². The fourth-order valence-electron chi connectivity index (χ4n) is 2.53. The van der Waals surface area contributed by atoms with Crippen molar-refractivity contribution in [1.29, 1.82) is 0 Å². The summed E-state index contributed by atoms with van der Waals surface area (Å²) in [5.41, 5.74) is 1.65. The van der Waals surface area contributed by atoms with E-state index in [2.05, 4.69) is 45.7 Å². The molecule has 21 heavy (non-hydrogen) atoms. The molecule has 6 heteroatoms. The molecule has 1 aromatic carbocycles. The number of halogens is 1. The minimum atomic E-state index is -0.517. The van der Waals surface area contributed by atoms with Crippen LogP contribution in [-0.4, -0.2) is 24.9 Å². The van der Waals surface area contributed by atoms with Crippen molar-refractivity contribution >= 4 is 33.4 Å². The standard InChI is InChI=1S/C15H20BrN3O2/c1-8(2)7-11(14(20)17-3)18-13-12-9(16)5-4-6-10(12)19-15(13)21/h4-6,8,11,13,18H,7H2,1-3H3,(H,17,20)(H,19,21). The van der Waals surface area contributed by atoms with Gasteiger partial charge in [-0.25, -0.2) is 0 Å². The predicted molar refractivity (Wildman–Crippen MR) is 86.0 cm³/mol. The lowest BCUT2D eigenvalue weighted by atomic mass is 10.0. The van der Waals surface area contributed by atoms with E-state index in [0.717, 1.165) is 15.7 Å². The number of likely N-dealkylation sites (N-methyl/N-ethyl adjacent to an activating group) is 1. The van der Waals surface area contributed by atoms with Crippen LogP contribution in [0.25, 0.3) is 0 Å². The Morgan fingerprint density at radius 1 is 1.43 bits per heavy atom. The third-order valence-electron chi connectivity index (χ3n) is 3.50. The average Bonchev–Trinajstić information content (AvgIpc) is 2.74. The van der Waals surface area contributed by atoms with Gasteiger partial charge in [0.2, 0.25) is 11.8 Å². The third kappa shape index (κ3) is 3.44. The Hall–Kier alpha value is -1.40. The van der Waals surface area contributed by atoms with Crippen molar-refractivity contribution in [3.8, 4) is 0 Å². The van der Waals surface area contributed by atoms with E-state index in [-0.39, 0.29) is 11.8 Å². The first-order valence-electron chi connectivity index (χ1n) is 7.01. The van der Waals surface area contributed by atoms with Crippen LogP contribution in [0.2, 0.25) is 0 Å². The lowest BCUT2D eigenvalue weighted by Gasteiger charge is -2.22. The number of carbonyl (C=O) groups excluding carboxylic acids is 2. The summed E-state index contributed by atoms with van der Waals surface area (Å²) >= 11 is 3.48. The highest BCUT2D eigenvalue weighted by atomic mass is 79.9. The van der Waals surface area contributed by atoms with Gasteiger partial charge < -0.3 is 10.6 Å². The topological polar surface area (TPSA) is 70.2 Å². The molecule has 0 bridgehead atoms. The molecule has 0 aromatic heterocycles. The highest BCUT2D eigenvalue weighted by Crippen LogP contribution is 2.36. The molecule has 0 fully saturated rings. The van der Waals surface area contributed by atoms with E-state index in [0.29, 0.717) is 12.3 Å². The SMILES string of the molecule is CNC(=O)C(CC(C)C)NC1C(=O)Nc2cccc(Br)c21. The zero-order chi connectivity index (χ0) is 15.6. The molecule has 0 spiro atoms. The quantitative estimate of drug-likeness (QED) is 0.759. The van der Waals surface area contributed by atoms with Gasteiger partial charge in [-0.15, -0.1) is 0 Å². The normalized spacial score (nSPS) is 18.3. The predicted octanol–water partition coefficient (Wildman–Crippen LogP) is 2.19. The number of benzene rings is 1. The van der Waals surface area contributed by atoms with Crippen LogP contribution < -0.4 is 16.0 Å². The molecule has 2 rings (SSSR count). The molecule has 0 aliphatic carbocycles. The molecule has 114 valence electrons. The summed E-state index contributed by atoms with van der Waals surface area (Å²) in [6.45, 7) is 4.10. The molecule has 5 nitrogen and oxygen atoms in total. The number of anilines is 1. The van der Waals surface area contributed by atoms with Crippen LogP contribution in [0.5, 0.6) is 0 Å². The van der Waals surface area contributed by atoms with Crippen LogP contribution in [0.3, 0.4) is 0 Å². The molecular formula is C15H20BrN3O2. The number of nitrogens with one attached hydrogen (secondary N) is 3. The first kappa shape index (κ1) is 16.0. The summed E-state index contributed by atoms with van der Waals surface area (Å²) in [6, 6.07) is 4.71. The zero-order valence-corrected chi connectivity index (χ0v) is 14.0. The Labute approximate surface area is 133 Å². The van der Waals surface area contributed by atoms with Crippen LogP contribution >= 0.6 is 15.9 Å². The number of carbonyl (C=O) groups is 2. The molecule has 2 unspecified atom stereocenters. The summed E-state index contributed by atoms with van der Waals surface area (Å²) in [4.78, 5) is 24.2. The van der Waals surface area contributed by atoms with Crippen molar-refractivity contribution in [3.05, 3.63) is 28.2 Å². The van der Waals surface area contributed by atoms with Crippen LogP contribution in [0.4, 0.5) is 5.69 Å². The Balaban J connectivity index is 2.25. The largest absolute Gasteiger partial charge is 0.358 e. The lowest BCUT2D eigenvalue weighted by Crippen LogP contribution is -2.46. The van der Waals surface area contributed by atoms with Gasteiger partial charge in [0.25, 0.3) is 0 Å². The van der Waals surface area contributed by atoms with Gasteiger partial charge in [-0.2, -0.15) is 0 Å². The van der Waals surface area contributed by atoms with Gasteiger partial charge in [0, 0.05) is 22.8 Å². The van der Waals surface area contributed by atoms with Crippen molar-refractivity contribution in [2.75, 3.05) is 12.4 Å². The van der Waals surface area contributed by atoms with Gasteiger partial charge in [-0.1, -0.05) is 35.8 Å². The van der Waals surface area contributed by atoms with E-state index in [1.807, 2.05) is 18.2 Å². The highest BCUT2D eigenvalue weighted by Gasteiger charge is 2.35. The molecule has 1 aliphatic heterocycles. The Morgan fingerprint density at radius 2 is 2.14 bits per heavy atom. The summed E-state index contributed by atoms with van der Waals surface area (Å²) in [6.07, 6.45) is 0.670. The maximum Gasteiger partial charge on any atom is 0.246 e. The minimum absolute atomic E-state index is 0.1000. The molecule has 3 N–H and O–H groups in total. The Morgan fingerprint density at radius 3 is 2.76 bits per heavy atom. The number of amides is 2. The molecule has 2 atom stereocenters. The summed E-state index contributed by atoms with van der Waals surface area (Å²) in [5.74, 6) is 0.120. The van der Waals surface area contributed by atoms with Gasteiger partial charge in [-0.05, 0) is 24.5 Å². The first-order valence-corrected chi connectivity index (χ1v) is 7.80. The minimum Gasteiger partial charge on any atom is -0.358 e. The van der Waals surface area contributed by atoms with Gasteiger partial charge in [-0.3, -0.25) is 14.9 Å². The number of hydrogen-bond acceptors (Lipinski definition) is 3. The molecular weight excluding hydrogens is 334 g/mol. The average molecular weight is 354 g/mol. The fraction of sp³-hybridized carbons (Fsp3) is 0.467. The molecule has 0 saturated heterocycles. The second kappa shape index (κ2) is 6.58. The van der Waals surface area contributed by atoms with Crippen molar-refractivity contribution < 1.29 is 9.59 Å². The Kier molecular flexibility index (Phi) is 5.00. The van der Waals surface area contributed by atoms with Crippen molar-refractivity contribution in [1.82, 2.24) is 10.6 Å². The molecule has 1 aromatic rings. The third-order valence-corrected chi connectivity index (χ3v) is 4.19. The van der Waals surface area contributed by atoms with Crippen LogP contribution in [0, 0.1) is 5.92 Å². The zero-order valence-electron chi connectivity index (χ0n) is 12.4. The summed E-state index contributed by atoms with van der Waals surface area (Å²) in [7, 11) is 1.61. The number of hydrogen-bond donors (Lipinski definition) is 3. The van der Waals surface area contributed by atoms with Gasteiger partial charge in [0.05, 0.1) is 6.04 Å². The second-order valence-corrected chi connectivity index (χ2v) is 6.44. The van der Waals surface area contributed by atoms with Crippen molar-refractivity contribution in [3.63, 3.8) is 0 Å². The summed E-state index contributed by atoms with van der Waals surface area (Å²) < 4.78 is 0.857. The van der Waals surface area contributed by atoms with E-state index < -0.39 is 12.1 Å². The van der Waals surface area contributed by atoms with Crippen LogP contribution in [0.1, 0.15) is 31.9 Å². The maximum absolute atomic E-state index is 12.2. The van der Waals surface area contributed by atoms with E-state index in [1.165, 1.54) is 0 Å². The van der Waals surface area contributed by atoms with Gasteiger partial charge >= 0.3 is 0 Å². The van der Waals surface area contributed by atoms with E-state index in [9.17, 15) is 9.59 Å². The van der Waals surface area contributed by atoms with E-state index in [1.54, 1.807) is 7.05 Å². The second-order valence-electron chi connectivity index (χ2n) is 5.59. The molecule has 2 amide bonds. The summed E-state index contributed by atoms with van der Waals surface area (Å²) in [5, 5.41) is 8.68. The monoisotopic (exact) mass is 353 g/mol. The van der Waals surface area contributed by atoms with Gasteiger partial charge in [0.15, 0.2) is 0 Å². The first-order chi connectivity index (χ1) is 9.93. The van der Waals surface area contributed by atoms with E-state index in [4.69, 9.17) is 0 Å². The lowest BCUT2D eigenvalue weighted by molar-refractivity contribution is -0.124. The maximum atomic E-state index is 12.2. The number of rotatable bonds is 5. The molecule has 0 saturated carbocycles. The Bertz CT molecular complexity index is 560. The van der Waals surface area contributed by atoms with Crippen molar-refractivity contribution in [2.24, 2.45) is 5.92 Å². The van der Waals surface area contributed by atoms with Crippen molar-refractivity contribution in [2.45, 2.75) is 32.4 Å².